The van der Waals surface area contributed by atoms with Gasteiger partial charge in [-0.1, -0.05) is 31.4 Å². The van der Waals surface area contributed by atoms with Gasteiger partial charge in [0.2, 0.25) is 0 Å². The van der Waals surface area contributed by atoms with E-state index in [1.54, 1.807) is 13.0 Å². The number of allylic oxidation sites excluding steroid dienone is 2. The molecule has 2 heteroatoms. The van der Waals surface area contributed by atoms with Crippen molar-refractivity contribution in [3.05, 3.63) is 34.9 Å². The summed E-state index contributed by atoms with van der Waals surface area (Å²) >= 11 is 0. The maximum Gasteiger partial charge on any atom is 0.127 e. The Bertz CT molecular complexity index is 768. The molecule has 1 aliphatic heterocycles. The molecule has 1 heterocycles. The van der Waals surface area contributed by atoms with E-state index in [0.717, 1.165) is 12.8 Å². The molecular formula is C21H30O2. The van der Waals surface area contributed by atoms with E-state index in [0.29, 0.717) is 35.3 Å². The van der Waals surface area contributed by atoms with Crippen LogP contribution in [0.3, 0.4) is 0 Å². The minimum absolute atomic E-state index is 0.0416. The number of ether oxygens (including phenoxy) is 1. The fourth-order valence-electron chi connectivity index (χ4n) is 3.71. The van der Waals surface area contributed by atoms with Crippen molar-refractivity contribution in [3.63, 3.8) is 0 Å². The van der Waals surface area contributed by atoms with Gasteiger partial charge < -0.3 is 9.84 Å². The van der Waals surface area contributed by atoms with Crippen molar-refractivity contribution in [3.8, 4) is 11.5 Å². The highest BCUT2D eigenvalue weighted by atomic mass is 16.5. The van der Waals surface area contributed by atoms with Crippen molar-refractivity contribution in [2.24, 2.45) is 5.92 Å². The molecule has 1 N–H and O–H groups in total. The second kappa shape index (κ2) is 6.22. The van der Waals surface area contributed by atoms with Crippen LogP contribution >= 0.6 is 0 Å². The Morgan fingerprint density at radius 1 is 1.39 bits per heavy atom. The fraction of sp³-hybridized carbons (Fsp3) is 0.619. The average molecular weight is 318 g/mol. The largest absolute Gasteiger partial charge is 0.507 e. The van der Waals surface area contributed by atoms with Gasteiger partial charge >= 0.3 is 0 Å². The molecule has 3 rings (SSSR count). The van der Waals surface area contributed by atoms with Gasteiger partial charge in [0.25, 0.3) is 0 Å². The van der Waals surface area contributed by atoms with E-state index < -0.39 is 18.3 Å². The molecule has 0 fully saturated rings. The van der Waals surface area contributed by atoms with E-state index in [1.165, 1.54) is 6.07 Å². The smallest absolute Gasteiger partial charge is 0.127 e. The van der Waals surface area contributed by atoms with E-state index in [9.17, 15) is 5.11 Å². The SMILES string of the molecule is [2H]C1([2H])C[C@@H]2[C@@H](C=C1C)c1c(O)cc(C([2H])([2H])CCCC)cc1OC2(C)C. The molecule has 1 aliphatic carbocycles. The molecule has 0 bridgehead atoms. The van der Waals surface area contributed by atoms with Crippen molar-refractivity contribution < 1.29 is 15.3 Å². The van der Waals surface area contributed by atoms with Crippen LogP contribution in [-0.2, 0) is 6.37 Å². The summed E-state index contributed by atoms with van der Waals surface area (Å²) in [5.74, 6) is 0.323. The maximum absolute atomic E-state index is 10.8. The third-order valence-electron chi connectivity index (χ3n) is 5.04. The van der Waals surface area contributed by atoms with E-state index in [1.807, 2.05) is 26.8 Å². The lowest BCUT2D eigenvalue weighted by molar-refractivity contribution is 0.0107. The summed E-state index contributed by atoms with van der Waals surface area (Å²) in [6.07, 6.45) is 1.44. The minimum Gasteiger partial charge on any atom is -0.507 e. The lowest BCUT2D eigenvalue weighted by Gasteiger charge is -2.46. The second-order valence-electron chi connectivity index (χ2n) is 7.26. The first-order valence-electron chi connectivity index (χ1n) is 10.6. The molecule has 1 aromatic carbocycles. The molecule has 23 heavy (non-hydrogen) atoms. The first kappa shape index (κ1) is 12.0. The number of benzene rings is 1. The second-order valence-corrected chi connectivity index (χ2v) is 7.26. The molecular weight excluding hydrogens is 284 g/mol. The standard InChI is InChI=1S/C21H30O2/c1-5-6-7-8-15-12-18(22)20-16-11-14(2)9-10-17(16)21(3,4)23-19(20)13-15/h11-13,16-17,22H,5-10H2,1-4H3/t16-,17-/m1/s1/i8D2,9D2. The van der Waals surface area contributed by atoms with E-state index >= 15 is 0 Å². The molecule has 0 amide bonds. The van der Waals surface area contributed by atoms with E-state index in [2.05, 4.69) is 0 Å². The zero-order valence-electron chi connectivity index (χ0n) is 18.6. The van der Waals surface area contributed by atoms with Crippen molar-refractivity contribution in [1.82, 2.24) is 0 Å². The molecule has 0 aromatic heterocycles. The highest BCUT2D eigenvalue weighted by Crippen LogP contribution is 2.53. The Morgan fingerprint density at radius 2 is 2.17 bits per heavy atom. The predicted molar refractivity (Wildman–Crippen MR) is 95.3 cm³/mol. The van der Waals surface area contributed by atoms with Gasteiger partial charge in [0.1, 0.15) is 17.1 Å². The van der Waals surface area contributed by atoms with Crippen molar-refractivity contribution in [2.75, 3.05) is 0 Å². The van der Waals surface area contributed by atoms with E-state index in [-0.39, 0.29) is 17.6 Å². The summed E-state index contributed by atoms with van der Waals surface area (Å²) in [5.41, 5.74) is 1.16. The number of rotatable bonds is 4. The molecule has 2 aliphatic rings. The summed E-state index contributed by atoms with van der Waals surface area (Å²) < 4.78 is 39.6. The Kier molecular flexibility index (Phi) is 3.25. The van der Waals surface area contributed by atoms with Crippen LogP contribution in [0.25, 0.3) is 0 Å². The Hall–Kier alpha value is -1.44. The summed E-state index contributed by atoms with van der Waals surface area (Å²) in [4.78, 5) is 0. The third-order valence-corrected chi connectivity index (χ3v) is 5.04. The number of phenols is 1. The lowest BCUT2D eigenvalue weighted by atomic mass is 9.68. The molecule has 2 atom stereocenters. The zero-order chi connectivity index (χ0) is 20.2. The maximum atomic E-state index is 10.8. The van der Waals surface area contributed by atoms with Gasteiger partial charge in [-0.3, -0.25) is 0 Å². The van der Waals surface area contributed by atoms with Crippen LogP contribution in [0.1, 0.15) is 82.3 Å². The topological polar surface area (TPSA) is 29.5 Å². The molecule has 1 aromatic rings. The van der Waals surface area contributed by atoms with Gasteiger partial charge in [-0.2, -0.15) is 0 Å². The summed E-state index contributed by atoms with van der Waals surface area (Å²) in [7, 11) is 0. The Balaban J connectivity index is 2.11. The van der Waals surface area contributed by atoms with Crippen LogP contribution < -0.4 is 4.74 Å². The van der Waals surface area contributed by atoms with Crippen LogP contribution in [0.2, 0.25) is 0 Å². The molecule has 2 nitrogen and oxygen atoms in total. The Labute approximate surface area is 146 Å². The number of aryl methyl sites for hydroxylation is 1. The monoisotopic (exact) mass is 318 g/mol. The number of phenolic OH excluding ortho intramolecular Hbond substituents is 1. The lowest BCUT2D eigenvalue weighted by Crippen LogP contribution is -2.45. The highest BCUT2D eigenvalue weighted by molar-refractivity contribution is 5.53. The summed E-state index contributed by atoms with van der Waals surface area (Å²) in [6.45, 7) is 7.73. The third kappa shape index (κ3) is 3.13. The highest BCUT2D eigenvalue weighted by Gasteiger charge is 2.45. The van der Waals surface area contributed by atoms with Gasteiger partial charge in [-0.25, -0.2) is 0 Å². The van der Waals surface area contributed by atoms with Gasteiger partial charge in [-0.05, 0) is 64.1 Å². The molecule has 0 unspecified atom stereocenters. The van der Waals surface area contributed by atoms with Crippen LogP contribution in [0.4, 0.5) is 0 Å². The number of fused-ring (bicyclic) bond motifs is 3. The summed E-state index contributed by atoms with van der Waals surface area (Å²) in [6, 6.07) is 3.26. The molecule has 0 radical (unpaired) electrons. The van der Waals surface area contributed by atoms with Crippen LogP contribution in [-0.4, -0.2) is 10.7 Å². The number of aromatic hydroxyl groups is 1. The number of hydrogen-bond acceptors (Lipinski definition) is 2. The van der Waals surface area contributed by atoms with Gasteiger partial charge in [0, 0.05) is 22.9 Å². The minimum atomic E-state index is -1.53. The number of hydrogen-bond donors (Lipinski definition) is 1. The van der Waals surface area contributed by atoms with Gasteiger partial charge in [0.05, 0.1) is 0 Å². The Morgan fingerprint density at radius 3 is 2.91 bits per heavy atom. The zero-order valence-corrected chi connectivity index (χ0v) is 14.6. The van der Waals surface area contributed by atoms with Gasteiger partial charge in [-0.15, -0.1) is 0 Å². The van der Waals surface area contributed by atoms with Gasteiger partial charge in [0.15, 0.2) is 0 Å². The van der Waals surface area contributed by atoms with Crippen molar-refractivity contribution >= 4 is 0 Å². The van der Waals surface area contributed by atoms with E-state index in [4.69, 9.17) is 10.2 Å². The normalized spacial score (nSPS) is 30.5. The number of unbranched alkanes of at least 4 members (excludes halogenated alkanes) is 1. The first-order chi connectivity index (χ1) is 12.4. The fourth-order valence-corrected chi connectivity index (χ4v) is 3.71. The van der Waals surface area contributed by atoms with Crippen molar-refractivity contribution in [2.45, 2.75) is 77.6 Å². The van der Waals surface area contributed by atoms with Crippen molar-refractivity contribution in [1.29, 1.82) is 0 Å². The quantitative estimate of drug-likeness (QED) is 0.718. The molecule has 126 valence electrons. The molecule has 0 saturated carbocycles. The molecule has 0 saturated heterocycles. The average Bonchev–Trinajstić information content (AvgIpc) is 2.54. The predicted octanol–water partition coefficient (Wildman–Crippen LogP) is 5.74. The van der Waals surface area contributed by atoms with Crippen LogP contribution in [0, 0.1) is 5.92 Å². The van der Waals surface area contributed by atoms with Crippen LogP contribution in [0.15, 0.2) is 23.8 Å². The molecule has 0 spiro atoms. The summed E-state index contributed by atoms with van der Waals surface area (Å²) in [5, 5.41) is 10.8. The van der Waals surface area contributed by atoms with Crippen LogP contribution in [0.5, 0.6) is 11.5 Å². The first-order valence-corrected chi connectivity index (χ1v) is 8.64.